The van der Waals surface area contributed by atoms with Gasteiger partial charge in [0.1, 0.15) is 0 Å². The Morgan fingerprint density at radius 3 is 2.63 bits per heavy atom. The average Bonchev–Trinajstić information content (AvgIpc) is 2.60. The van der Waals surface area contributed by atoms with Crippen LogP contribution in [0.25, 0.3) is 0 Å². The summed E-state index contributed by atoms with van der Waals surface area (Å²) in [6, 6.07) is 0. The number of likely N-dealkylation sites (tertiary alicyclic amines) is 1. The second kappa shape index (κ2) is 5.46. The number of hydrogen-bond donors (Lipinski definition) is 0. The zero-order valence-corrected chi connectivity index (χ0v) is 11.1. The van der Waals surface area contributed by atoms with Gasteiger partial charge in [-0.05, 0) is 5.92 Å². The van der Waals surface area contributed by atoms with Crippen molar-refractivity contribution in [2.75, 3.05) is 32.8 Å². The van der Waals surface area contributed by atoms with Crippen LogP contribution in [0.15, 0.2) is 0 Å². The van der Waals surface area contributed by atoms with Gasteiger partial charge in [-0.25, -0.2) is 14.5 Å². The molecule has 19 heavy (non-hydrogen) atoms. The third kappa shape index (κ3) is 3.15. The van der Waals surface area contributed by atoms with Crippen LogP contribution >= 0.6 is 0 Å². The van der Waals surface area contributed by atoms with Gasteiger partial charge in [0.25, 0.3) is 5.91 Å². The summed E-state index contributed by atoms with van der Waals surface area (Å²) >= 11 is 0. The highest BCUT2D eigenvalue weighted by Gasteiger charge is 2.38. The van der Waals surface area contributed by atoms with Crippen molar-refractivity contribution in [1.29, 1.82) is 0 Å². The lowest BCUT2D eigenvalue weighted by molar-refractivity contribution is -0.126. The standard InChI is InChI=1S/C12H18N2O5/c1-8(2)6-18-11(16)13-3-9(4-13)5-14-10(15)7-19-12(14)17/h8-9H,3-7H2,1-2H3. The molecule has 2 rings (SSSR count). The van der Waals surface area contributed by atoms with Crippen molar-refractivity contribution in [2.24, 2.45) is 11.8 Å². The van der Waals surface area contributed by atoms with Crippen molar-refractivity contribution >= 4 is 18.1 Å². The minimum Gasteiger partial charge on any atom is -0.449 e. The van der Waals surface area contributed by atoms with E-state index in [4.69, 9.17) is 4.74 Å². The van der Waals surface area contributed by atoms with Crippen molar-refractivity contribution in [1.82, 2.24) is 9.80 Å². The molecular formula is C12H18N2O5. The summed E-state index contributed by atoms with van der Waals surface area (Å²) in [5.41, 5.74) is 0. The fourth-order valence-corrected chi connectivity index (χ4v) is 1.98. The summed E-state index contributed by atoms with van der Waals surface area (Å²) in [5, 5.41) is 0. The average molecular weight is 270 g/mol. The molecule has 0 aromatic heterocycles. The molecule has 2 heterocycles. The third-order valence-electron chi connectivity index (χ3n) is 3.04. The monoisotopic (exact) mass is 270 g/mol. The van der Waals surface area contributed by atoms with Crippen LogP contribution in [0, 0.1) is 11.8 Å². The summed E-state index contributed by atoms with van der Waals surface area (Å²) in [7, 11) is 0. The lowest BCUT2D eigenvalue weighted by atomic mass is 10.0. The van der Waals surface area contributed by atoms with Crippen molar-refractivity contribution in [3.05, 3.63) is 0 Å². The predicted octanol–water partition coefficient (Wildman–Crippen LogP) is 0.690. The van der Waals surface area contributed by atoms with Gasteiger partial charge in [-0.15, -0.1) is 0 Å². The van der Waals surface area contributed by atoms with Gasteiger partial charge in [0.2, 0.25) is 0 Å². The summed E-state index contributed by atoms with van der Waals surface area (Å²) in [5.74, 6) is 0.102. The number of carbonyl (C=O) groups excluding carboxylic acids is 3. The van der Waals surface area contributed by atoms with Crippen LogP contribution in [-0.4, -0.2) is 60.7 Å². The molecule has 0 N–H and O–H groups in total. The first-order chi connectivity index (χ1) is 8.97. The van der Waals surface area contributed by atoms with Crippen LogP contribution in [-0.2, 0) is 14.3 Å². The third-order valence-corrected chi connectivity index (χ3v) is 3.04. The molecular weight excluding hydrogens is 252 g/mol. The Kier molecular flexibility index (Phi) is 3.92. The Balaban J connectivity index is 1.70. The molecule has 7 nitrogen and oxygen atoms in total. The molecule has 0 spiro atoms. The topological polar surface area (TPSA) is 76.2 Å². The van der Waals surface area contributed by atoms with Gasteiger partial charge in [-0.1, -0.05) is 13.8 Å². The lowest BCUT2D eigenvalue weighted by Crippen LogP contribution is -2.54. The maximum atomic E-state index is 11.6. The molecule has 106 valence electrons. The van der Waals surface area contributed by atoms with Crippen molar-refractivity contribution in [3.8, 4) is 0 Å². The van der Waals surface area contributed by atoms with Gasteiger partial charge in [0, 0.05) is 25.6 Å². The highest BCUT2D eigenvalue weighted by Crippen LogP contribution is 2.20. The number of hydrogen-bond acceptors (Lipinski definition) is 5. The molecule has 0 unspecified atom stereocenters. The number of imide groups is 1. The highest BCUT2D eigenvalue weighted by molar-refractivity contribution is 5.97. The van der Waals surface area contributed by atoms with E-state index in [1.807, 2.05) is 13.8 Å². The van der Waals surface area contributed by atoms with E-state index >= 15 is 0 Å². The molecule has 2 fully saturated rings. The fraction of sp³-hybridized carbons (Fsp3) is 0.750. The number of amides is 3. The van der Waals surface area contributed by atoms with Gasteiger partial charge in [0.15, 0.2) is 6.61 Å². The summed E-state index contributed by atoms with van der Waals surface area (Å²) in [6.45, 7) is 5.49. The molecule has 0 aromatic carbocycles. The molecule has 0 aliphatic carbocycles. The maximum absolute atomic E-state index is 11.6. The van der Waals surface area contributed by atoms with E-state index in [9.17, 15) is 14.4 Å². The number of rotatable bonds is 4. The molecule has 0 aromatic rings. The highest BCUT2D eigenvalue weighted by atomic mass is 16.6. The molecule has 2 saturated heterocycles. The van der Waals surface area contributed by atoms with Crippen LogP contribution in [0.2, 0.25) is 0 Å². The summed E-state index contributed by atoms with van der Waals surface area (Å²) < 4.78 is 9.70. The molecule has 0 bridgehead atoms. The van der Waals surface area contributed by atoms with Gasteiger partial charge < -0.3 is 14.4 Å². The first-order valence-electron chi connectivity index (χ1n) is 6.36. The molecule has 0 radical (unpaired) electrons. The Hall–Kier alpha value is -1.79. The zero-order valence-electron chi connectivity index (χ0n) is 11.1. The smallest absolute Gasteiger partial charge is 0.417 e. The largest absolute Gasteiger partial charge is 0.449 e. The molecule has 2 aliphatic rings. The Bertz CT molecular complexity index is 374. The van der Waals surface area contributed by atoms with E-state index in [1.165, 1.54) is 0 Å². The van der Waals surface area contributed by atoms with Crippen LogP contribution in [0.4, 0.5) is 9.59 Å². The quantitative estimate of drug-likeness (QED) is 0.751. The Labute approximate surface area is 111 Å². The number of ether oxygens (including phenoxy) is 2. The molecule has 0 saturated carbocycles. The Morgan fingerprint density at radius 1 is 1.42 bits per heavy atom. The van der Waals surface area contributed by atoms with Crippen LogP contribution < -0.4 is 0 Å². The Morgan fingerprint density at radius 2 is 2.11 bits per heavy atom. The van der Waals surface area contributed by atoms with Crippen molar-refractivity contribution in [3.63, 3.8) is 0 Å². The van der Waals surface area contributed by atoms with Gasteiger partial charge in [0.05, 0.1) is 6.61 Å². The number of cyclic esters (lactones) is 1. The summed E-state index contributed by atoms with van der Waals surface area (Å²) in [6.07, 6.45) is -0.925. The van der Waals surface area contributed by atoms with Gasteiger partial charge >= 0.3 is 12.2 Å². The minimum absolute atomic E-state index is 0.112. The molecule has 3 amide bonds. The predicted molar refractivity (Wildman–Crippen MR) is 64.3 cm³/mol. The zero-order chi connectivity index (χ0) is 14.0. The summed E-state index contributed by atoms with van der Waals surface area (Å²) in [4.78, 5) is 36.8. The van der Waals surface area contributed by atoms with E-state index in [-0.39, 0.29) is 24.5 Å². The molecule has 7 heteroatoms. The first-order valence-corrected chi connectivity index (χ1v) is 6.36. The van der Waals surface area contributed by atoms with Crippen LogP contribution in [0.3, 0.4) is 0 Å². The minimum atomic E-state index is -0.592. The fourth-order valence-electron chi connectivity index (χ4n) is 1.98. The van der Waals surface area contributed by atoms with Crippen LogP contribution in [0.1, 0.15) is 13.8 Å². The van der Waals surface area contributed by atoms with Crippen molar-refractivity contribution < 1.29 is 23.9 Å². The maximum Gasteiger partial charge on any atom is 0.417 e. The van der Waals surface area contributed by atoms with E-state index in [2.05, 4.69) is 4.74 Å². The second-order valence-electron chi connectivity index (χ2n) is 5.30. The first kappa shape index (κ1) is 13.6. The van der Waals surface area contributed by atoms with Gasteiger partial charge in [-0.3, -0.25) is 4.79 Å². The molecule has 0 atom stereocenters. The van der Waals surface area contributed by atoms with Crippen LogP contribution in [0.5, 0.6) is 0 Å². The van der Waals surface area contributed by atoms with Crippen molar-refractivity contribution in [2.45, 2.75) is 13.8 Å². The number of nitrogens with zero attached hydrogens (tertiary/aromatic N) is 2. The number of carbonyl (C=O) groups is 3. The SMILES string of the molecule is CC(C)COC(=O)N1CC(CN2C(=O)COC2=O)C1. The van der Waals surface area contributed by atoms with E-state index in [0.29, 0.717) is 32.2 Å². The molecule has 2 aliphatic heterocycles. The van der Waals surface area contributed by atoms with Gasteiger partial charge in [-0.2, -0.15) is 0 Å². The normalized spacial score (nSPS) is 19.7. The van der Waals surface area contributed by atoms with E-state index < -0.39 is 6.09 Å². The van der Waals surface area contributed by atoms with E-state index in [1.54, 1.807) is 4.90 Å². The lowest BCUT2D eigenvalue weighted by Gasteiger charge is -2.39. The van der Waals surface area contributed by atoms with E-state index in [0.717, 1.165) is 4.90 Å². The second-order valence-corrected chi connectivity index (χ2v) is 5.30.